The van der Waals surface area contributed by atoms with E-state index >= 15 is 0 Å². The summed E-state index contributed by atoms with van der Waals surface area (Å²) >= 11 is 5.75. The van der Waals surface area contributed by atoms with Crippen molar-refractivity contribution in [1.82, 2.24) is 4.31 Å². The molecule has 0 heterocycles. The number of sulfonamides is 1. The highest BCUT2D eigenvalue weighted by atomic mass is 35.5. The quantitative estimate of drug-likeness (QED) is 0.735. The second-order valence-electron chi connectivity index (χ2n) is 4.14. The summed E-state index contributed by atoms with van der Waals surface area (Å²) in [5, 5.41) is 9.01. The predicted molar refractivity (Wildman–Crippen MR) is 79.3 cm³/mol. The standard InChI is InChI=1S/C13H18ClNO5S/c1-3-15(7-8-20-4-2)21(18,19)10-5-6-12(14)11(9-10)13(16)17/h5-6,9H,3-4,7-8H2,1-2H3,(H,16,17). The number of ether oxygens (including phenoxy) is 1. The summed E-state index contributed by atoms with van der Waals surface area (Å²) in [6.45, 7) is 4.78. The van der Waals surface area contributed by atoms with Crippen molar-refractivity contribution >= 4 is 27.6 Å². The Morgan fingerprint density at radius 3 is 2.57 bits per heavy atom. The first-order chi connectivity index (χ1) is 9.84. The first kappa shape index (κ1) is 17.9. The molecule has 1 N–H and O–H groups in total. The van der Waals surface area contributed by atoms with Gasteiger partial charge in [-0.2, -0.15) is 4.31 Å². The third-order valence-corrected chi connectivity index (χ3v) is 5.15. The fourth-order valence-electron chi connectivity index (χ4n) is 1.74. The predicted octanol–water partition coefficient (Wildman–Crippen LogP) is 2.09. The van der Waals surface area contributed by atoms with Crippen molar-refractivity contribution in [3.05, 3.63) is 28.8 Å². The second kappa shape index (κ2) is 7.74. The van der Waals surface area contributed by atoms with E-state index in [0.717, 1.165) is 6.07 Å². The van der Waals surface area contributed by atoms with Gasteiger partial charge in [0.25, 0.3) is 0 Å². The molecule has 0 amide bonds. The highest BCUT2D eigenvalue weighted by Gasteiger charge is 2.24. The molecule has 0 bridgehead atoms. The SMILES string of the molecule is CCOCCN(CC)S(=O)(=O)c1ccc(Cl)c(C(=O)O)c1. The molecule has 0 atom stereocenters. The van der Waals surface area contributed by atoms with Gasteiger partial charge in [-0.1, -0.05) is 18.5 Å². The average Bonchev–Trinajstić information content (AvgIpc) is 2.43. The minimum Gasteiger partial charge on any atom is -0.478 e. The summed E-state index contributed by atoms with van der Waals surface area (Å²) in [6, 6.07) is 3.64. The number of likely N-dealkylation sites (N-methyl/N-ethyl adjacent to an activating group) is 1. The summed E-state index contributed by atoms with van der Waals surface area (Å²) in [4.78, 5) is 10.9. The van der Waals surface area contributed by atoms with Crippen LogP contribution in [0.15, 0.2) is 23.1 Å². The van der Waals surface area contributed by atoms with Crippen LogP contribution in [0, 0.1) is 0 Å². The van der Waals surface area contributed by atoms with E-state index in [1.165, 1.54) is 16.4 Å². The van der Waals surface area contributed by atoms with Gasteiger partial charge in [0.2, 0.25) is 10.0 Å². The van der Waals surface area contributed by atoms with E-state index in [1.807, 2.05) is 6.92 Å². The molecule has 0 unspecified atom stereocenters. The van der Waals surface area contributed by atoms with Crippen molar-refractivity contribution in [3.63, 3.8) is 0 Å². The van der Waals surface area contributed by atoms with Crippen LogP contribution in [-0.2, 0) is 14.8 Å². The van der Waals surface area contributed by atoms with Gasteiger partial charge in [-0.25, -0.2) is 13.2 Å². The molecular weight excluding hydrogens is 318 g/mol. The van der Waals surface area contributed by atoms with Crippen LogP contribution in [-0.4, -0.2) is 50.1 Å². The number of nitrogens with zero attached hydrogens (tertiary/aromatic N) is 1. The van der Waals surface area contributed by atoms with Crippen LogP contribution in [0.25, 0.3) is 0 Å². The molecule has 6 nitrogen and oxygen atoms in total. The first-order valence-corrected chi connectivity index (χ1v) is 8.27. The lowest BCUT2D eigenvalue weighted by Crippen LogP contribution is -2.34. The van der Waals surface area contributed by atoms with Crippen molar-refractivity contribution in [1.29, 1.82) is 0 Å². The number of carbonyl (C=O) groups is 1. The van der Waals surface area contributed by atoms with Crippen LogP contribution >= 0.6 is 11.6 Å². The Balaban J connectivity index is 3.11. The number of carboxylic acid groups (broad SMARTS) is 1. The Bertz CT molecular complexity index is 603. The van der Waals surface area contributed by atoms with Crippen molar-refractivity contribution < 1.29 is 23.1 Å². The number of halogens is 1. The summed E-state index contributed by atoms with van der Waals surface area (Å²) < 4.78 is 31.3. The van der Waals surface area contributed by atoms with E-state index in [2.05, 4.69) is 0 Å². The third-order valence-electron chi connectivity index (χ3n) is 2.85. The first-order valence-electron chi connectivity index (χ1n) is 6.45. The Morgan fingerprint density at radius 1 is 1.38 bits per heavy atom. The molecule has 0 spiro atoms. The molecule has 1 rings (SSSR count). The molecule has 118 valence electrons. The molecule has 0 radical (unpaired) electrons. The molecule has 1 aromatic rings. The molecule has 0 aliphatic heterocycles. The Hall–Kier alpha value is -1.15. The molecule has 0 saturated carbocycles. The van der Waals surface area contributed by atoms with Crippen LogP contribution in [0.1, 0.15) is 24.2 Å². The van der Waals surface area contributed by atoms with Crippen LogP contribution in [0.2, 0.25) is 5.02 Å². The molecule has 8 heteroatoms. The number of benzene rings is 1. The minimum absolute atomic E-state index is 0.00110. The maximum Gasteiger partial charge on any atom is 0.337 e. The monoisotopic (exact) mass is 335 g/mol. The zero-order valence-electron chi connectivity index (χ0n) is 11.9. The van der Waals surface area contributed by atoms with E-state index < -0.39 is 16.0 Å². The molecule has 0 aliphatic rings. The maximum absolute atomic E-state index is 12.5. The van der Waals surface area contributed by atoms with E-state index in [9.17, 15) is 13.2 Å². The van der Waals surface area contributed by atoms with Crippen LogP contribution in [0.4, 0.5) is 0 Å². The van der Waals surface area contributed by atoms with Gasteiger partial charge in [0.05, 0.1) is 22.1 Å². The number of hydrogen-bond acceptors (Lipinski definition) is 4. The van der Waals surface area contributed by atoms with Gasteiger partial charge in [-0.3, -0.25) is 0 Å². The third kappa shape index (κ3) is 4.41. The molecule has 0 aromatic heterocycles. The summed E-state index contributed by atoms with van der Waals surface area (Å²) in [7, 11) is -3.77. The lowest BCUT2D eigenvalue weighted by Gasteiger charge is -2.20. The number of hydrogen-bond donors (Lipinski definition) is 1. The lowest BCUT2D eigenvalue weighted by molar-refractivity contribution is 0.0697. The van der Waals surface area contributed by atoms with E-state index in [4.69, 9.17) is 21.4 Å². The number of aromatic carboxylic acids is 1. The summed E-state index contributed by atoms with van der Waals surface area (Å²) in [5.41, 5.74) is -0.237. The van der Waals surface area contributed by atoms with Gasteiger partial charge in [-0.15, -0.1) is 0 Å². The molecule has 0 saturated heterocycles. The number of carboxylic acids is 1. The van der Waals surface area contributed by atoms with E-state index in [0.29, 0.717) is 6.61 Å². The number of rotatable bonds is 8. The van der Waals surface area contributed by atoms with Crippen LogP contribution in [0.5, 0.6) is 0 Å². The van der Waals surface area contributed by atoms with Crippen molar-refractivity contribution in [2.45, 2.75) is 18.7 Å². The molecule has 0 aliphatic carbocycles. The van der Waals surface area contributed by atoms with Gasteiger partial charge >= 0.3 is 5.97 Å². The van der Waals surface area contributed by atoms with Crippen molar-refractivity contribution in [2.24, 2.45) is 0 Å². The molecule has 1 aromatic carbocycles. The van der Waals surface area contributed by atoms with E-state index in [-0.39, 0.29) is 35.2 Å². The average molecular weight is 336 g/mol. The van der Waals surface area contributed by atoms with Gasteiger partial charge in [0.15, 0.2) is 0 Å². The highest BCUT2D eigenvalue weighted by molar-refractivity contribution is 7.89. The van der Waals surface area contributed by atoms with Gasteiger partial charge in [0, 0.05) is 19.7 Å². The smallest absolute Gasteiger partial charge is 0.337 e. The maximum atomic E-state index is 12.5. The molecule has 0 fully saturated rings. The Labute approximate surface area is 129 Å². The molecule has 21 heavy (non-hydrogen) atoms. The zero-order chi connectivity index (χ0) is 16.0. The van der Waals surface area contributed by atoms with Gasteiger partial charge in [-0.05, 0) is 25.1 Å². The van der Waals surface area contributed by atoms with Crippen molar-refractivity contribution in [3.8, 4) is 0 Å². The zero-order valence-corrected chi connectivity index (χ0v) is 13.4. The van der Waals surface area contributed by atoms with E-state index in [1.54, 1.807) is 6.92 Å². The largest absolute Gasteiger partial charge is 0.478 e. The summed E-state index contributed by atoms with van der Waals surface area (Å²) in [5.74, 6) is -1.27. The van der Waals surface area contributed by atoms with Crippen molar-refractivity contribution in [2.75, 3.05) is 26.3 Å². The highest BCUT2D eigenvalue weighted by Crippen LogP contribution is 2.23. The second-order valence-corrected chi connectivity index (χ2v) is 6.49. The normalized spacial score (nSPS) is 11.8. The topological polar surface area (TPSA) is 83.9 Å². The van der Waals surface area contributed by atoms with Crippen LogP contribution in [0.3, 0.4) is 0 Å². The fraction of sp³-hybridized carbons (Fsp3) is 0.462. The summed E-state index contributed by atoms with van der Waals surface area (Å²) in [6.07, 6.45) is 0. The molecular formula is C13H18ClNO5S. The minimum atomic E-state index is -3.77. The Kier molecular flexibility index (Phi) is 6.60. The van der Waals surface area contributed by atoms with Gasteiger partial charge < -0.3 is 9.84 Å². The van der Waals surface area contributed by atoms with Gasteiger partial charge in [0.1, 0.15) is 0 Å². The Morgan fingerprint density at radius 2 is 2.05 bits per heavy atom. The van der Waals surface area contributed by atoms with Crippen LogP contribution < -0.4 is 0 Å². The lowest BCUT2D eigenvalue weighted by atomic mass is 10.2. The fourth-order valence-corrected chi connectivity index (χ4v) is 3.39.